The van der Waals surface area contributed by atoms with Gasteiger partial charge < -0.3 is 14.6 Å². The monoisotopic (exact) mass is 179 g/mol. The van der Waals surface area contributed by atoms with Crippen molar-refractivity contribution in [3.05, 3.63) is 0 Å². The normalized spacial score (nSPS) is 13.2. The number of aliphatic hydroxyl groups is 1. The molecule has 74 valence electrons. The summed E-state index contributed by atoms with van der Waals surface area (Å²) in [5.74, 6) is 0. The Balaban J connectivity index is 2.97. The summed E-state index contributed by atoms with van der Waals surface area (Å²) in [6, 6.07) is 0. The van der Waals surface area contributed by atoms with Gasteiger partial charge in [-0.25, -0.2) is 0 Å². The average Bonchev–Trinajstić information content (AvgIpc) is 2.05. The van der Waals surface area contributed by atoms with Gasteiger partial charge in [0.2, 0.25) is 0 Å². The van der Waals surface area contributed by atoms with Crippen LogP contribution in [0.2, 0.25) is 0 Å². The molecular formula is C7H17NO4. The van der Waals surface area contributed by atoms with Gasteiger partial charge in [0.15, 0.2) is 0 Å². The lowest BCUT2D eigenvalue weighted by molar-refractivity contribution is -0.0234. The lowest BCUT2D eigenvalue weighted by Crippen LogP contribution is -2.30. The Kier molecular flexibility index (Phi) is 8.74. The third-order valence-electron chi connectivity index (χ3n) is 1.17. The highest BCUT2D eigenvalue weighted by molar-refractivity contribution is 4.52. The van der Waals surface area contributed by atoms with Crippen molar-refractivity contribution in [1.82, 2.24) is 5.48 Å². The molecule has 12 heavy (non-hydrogen) atoms. The minimum atomic E-state index is -0.530. The summed E-state index contributed by atoms with van der Waals surface area (Å²) < 4.78 is 9.46. The number of nitrogens with one attached hydrogen (secondary N) is 1. The zero-order valence-corrected chi connectivity index (χ0v) is 7.58. The average molecular weight is 179 g/mol. The van der Waals surface area contributed by atoms with Gasteiger partial charge in [-0.15, -0.1) is 0 Å². The van der Waals surface area contributed by atoms with Crippen molar-refractivity contribution in [1.29, 1.82) is 0 Å². The van der Waals surface area contributed by atoms with Gasteiger partial charge in [-0.1, -0.05) is 0 Å². The first kappa shape index (κ1) is 11.8. The van der Waals surface area contributed by atoms with Gasteiger partial charge in [0.1, 0.15) is 0 Å². The predicted octanol–water partition coefficient (Wildman–Crippen LogP) is -0.839. The third kappa shape index (κ3) is 7.90. The molecule has 2 N–H and O–H groups in total. The summed E-state index contributed by atoms with van der Waals surface area (Å²) in [6.45, 7) is 1.67. The zero-order chi connectivity index (χ0) is 9.23. The van der Waals surface area contributed by atoms with E-state index in [4.69, 9.17) is 19.4 Å². The van der Waals surface area contributed by atoms with E-state index in [-0.39, 0.29) is 0 Å². The topological polar surface area (TPSA) is 60.0 Å². The van der Waals surface area contributed by atoms with Crippen LogP contribution in [0.4, 0.5) is 0 Å². The quantitative estimate of drug-likeness (QED) is 0.376. The van der Waals surface area contributed by atoms with Gasteiger partial charge in [0.25, 0.3) is 0 Å². The Morgan fingerprint density at radius 3 is 2.58 bits per heavy atom. The number of aliphatic hydroxyl groups excluding tert-OH is 1. The fourth-order valence-electron chi connectivity index (χ4n) is 0.604. The summed E-state index contributed by atoms with van der Waals surface area (Å²) in [6.07, 6.45) is -0.530. The maximum absolute atomic E-state index is 9.11. The molecule has 0 fully saturated rings. The van der Waals surface area contributed by atoms with Gasteiger partial charge in [0.05, 0.1) is 25.9 Å². The Bertz CT molecular complexity index is 91.5. The van der Waals surface area contributed by atoms with E-state index in [0.717, 1.165) is 0 Å². The molecule has 0 aromatic rings. The Morgan fingerprint density at radius 2 is 2.00 bits per heavy atom. The van der Waals surface area contributed by atoms with Crippen LogP contribution in [0.5, 0.6) is 0 Å². The smallest absolute Gasteiger partial charge is 0.0920 e. The van der Waals surface area contributed by atoms with Crippen LogP contribution in [-0.4, -0.2) is 51.8 Å². The number of methoxy groups -OCH3 is 2. The zero-order valence-electron chi connectivity index (χ0n) is 7.58. The van der Waals surface area contributed by atoms with Crippen LogP contribution >= 0.6 is 0 Å². The molecule has 0 aromatic carbocycles. The largest absolute Gasteiger partial charge is 0.389 e. The van der Waals surface area contributed by atoms with E-state index in [1.54, 1.807) is 7.11 Å². The first-order valence-corrected chi connectivity index (χ1v) is 3.81. The summed E-state index contributed by atoms with van der Waals surface area (Å²) in [5.41, 5.74) is 2.59. The van der Waals surface area contributed by atoms with Crippen molar-refractivity contribution in [2.24, 2.45) is 0 Å². The highest BCUT2D eigenvalue weighted by Gasteiger charge is 2.01. The van der Waals surface area contributed by atoms with Crippen molar-refractivity contribution in [2.75, 3.05) is 40.6 Å². The van der Waals surface area contributed by atoms with Crippen molar-refractivity contribution in [3.63, 3.8) is 0 Å². The Morgan fingerprint density at radius 1 is 1.25 bits per heavy atom. The lowest BCUT2D eigenvalue weighted by atomic mass is 10.4. The maximum atomic E-state index is 9.11. The molecule has 1 atom stereocenters. The molecule has 0 saturated carbocycles. The van der Waals surface area contributed by atoms with Crippen molar-refractivity contribution < 1.29 is 19.4 Å². The fraction of sp³-hybridized carbons (Fsp3) is 1.00. The molecule has 0 spiro atoms. The van der Waals surface area contributed by atoms with Crippen LogP contribution in [0.1, 0.15) is 0 Å². The second-order valence-electron chi connectivity index (χ2n) is 2.30. The highest BCUT2D eigenvalue weighted by atomic mass is 16.7. The summed E-state index contributed by atoms with van der Waals surface area (Å²) in [5, 5.41) is 9.11. The van der Waals surface area contributed by atoms with Crippen LogP contribution in [0.25, 0.3) is 0 Å². The van der Waals surface area contributed by atoms with E-state index in [1.807, 2.05) is 0 Å². The maximum Gasteiger partial charge on any atom is 0.0920 e. The first-order chi connectivity index (χ1) is 5.81. The summed E-state index contributed by atoms with van der Waals surface area (Å²) in [7, 11) is 3.14. The second-order valence-corrected chi connectivity index (χ2v) is 2.30. The highest BCUT2D eigenvalue weighted by Crippen LogP contribution is 1.80. The molecule has 5 nitrogen and oxygen atoms in total. The number of hydroxylamine groups is 1. The molecule has 1 unspecified atom stereocenters. The van der Waals surface area contributed by atoms with E-state index in [2.05, 4.69) is 5.48 Å². The molecule has 0 radical (unpaired) electrons. The van der Waals surface area contributed by atoms with E-state index in [9.17, 15) is 0 Å². The van der Waals surface area contributed by atoms with Gasteiger partial charge in [-0.05, 0) is 0 Å². The summed E-state index contributed by atoms with van der Waals surface area (Å²) >= 11 is 0. The molecule has 0 aromatic heterocycles. The number of hydrogen-bond donors (Lipinski definition) is 2. The molecule has 0 amide bonds. The van der Waals surface area contributed by atoms with Crippen molar-refractivity contribution in [2.45, 2.75) is 6.10 Å². The van der Waals surface area contributed by atoms with Gasteiger partial charge >= 0.3 is 0 Å². The van der Waals surface area contributed by atoms with E-state index >= 15 is 0 Å². The number of rotatable bonds is 8. The SMILES string of the molecule is COCCONCC(O)COC. The molecule has 0 rings (SSSR count). The Hall–Kier alpha value is -0.200. The Labute approximate surface area is 72.6 Å². The number of ether oxygens (including phenoxy) is 2. The van der Waals surface area contributed by atoms with Gasteiger partial charge in [0, 0.05) is 20.8 Å². The molecule has 0 aliphatic carbocycles. The molecular weight excluding hydrogens is 162 g/mol. The van der Waals surface area contributed by atoms with Crippen LogP contribution in [0.15, 0.2) is 0 Å². The fourth-order valence-corrected chi connectivity index (χ4v) is 0.604. The molecule has 0 aliphatic heterocycles. The predicted molar refractivity (Wildman–Crippen MR) is 43.7 cm³/mol. The van der Waals surface area contributed by atoms with E-state index < -0.39 is 6.10 Å². The minimum absolute atomic E-state index is 0.306. The standard InChI is InChI=1S/C7H17NO4/c1-10-3-4-12-8-5-7(9)6-11-2/h7-9H,3-6H2,1-2H3. The van der Waals surface area contributed by atoms with E-state index in [1.165, 1.54) is 7.11 Å². The molecule has 0 bridgehead atoms. The molecule has 0 saturated heterocycles. The summed E-state index contributed by atoms with van der Waals surface area (Å²) in [4.78, 5) is 4.90. The second kappa shape index (κ2) is 8.89. The van der Waals surface area contributed by atoms with Gasteiger partial charge in [-0.3, -0.25) is 4.84 Å². The van der Waals surface area contributed by atoms with Crippen LogP contribution < -0.4 is 5.48 Å². The molecule has 0 aliphatic rings. The third-order valence-corrected chi connectivity index (χ3v) is 1.17. The van der Waals surface area contributed by atoms with Crippen molar-refractivity contribution in [3.8, 4) is 0 Å². The van der Waals surface area contributed by atoms with Gasteiger partial charge in [-0.2, -0.15) is 5.48 Å². The molecule has 0 heterocycles. The number of hydrogen-bond acceptors (Lipinski definition) is 5. The lowest BCUT2D eigenvalue weighted by Gasteiger charge is -2.10. The minimum Gasteiger partial charge on any atom is -0.389 e. The molecule has 5 heteroatoms. The van der Waals surface area contributed by atoms with Crippen LogP contribution in [0, 0.1) is 0 Å². The van der Waals surface area contributed by atoms with Crippen molar-refractivity contribution >= 4 is 0 Å². The van der Waals surface area contributed by atoms with Crippen LogP contribution in [0.3, 0.4) is 0 Å². The van der Waals surface area contributed by atoms with E-state index in [0.29, 0.717) is 26.4 Å². The van der Waals surface area contributed by atoms with Crippen LogP contribution in [-0.2, 0) is 14.3 Å². The first-order valence-electron chi connectivity index (χ1n) is 3.81.